The molecule has 2 heterocycles. The minimum atomic E-state index is -1.80. The average molecular weight is 322 g/mol. The van der Waals surface area contributed by atoms with Gasteiger partial charge >= 0.3 is 23.9 Å². The van der Waals surface area contributed by atoms with Crippen molar-refractivity contribution < 1.29 is 41.8 Å². The van der Waals surface area contributed by atoms with Crippen LogP contribution in [-0.4, -0.2) is 23.9 Å². The minimum absolute atomic E-state index is 0.536. The molecule has 2 aliphatic heterocycles. The number of carbonyl (C=O) groups excluding carboxylic acids is 4. The van der Waals surface area contributed by atoms with Gasteiger partial charge in [-0.2, -0.15) is 0 Å². The zero-order valence-corrected chi connectivity index (χ0v) is 10.7. The lowest BCUT2D eigenvalue weighted by Crippen LogP contribution is -2.29. The van der Waals surface area contributed by atoms with Gasteiger partial charge in [0.15, 0.2) is 11.6 Å². The number of halogens is 3. The van der Waals surface area contributed by atoms with Gasteiger partial charge in [0.1, 0.15) is 22.5 Å². The molecule has 0 aliphatic carbocycles. The second-order valence-electron chi connectivity index (χ2n) is 4.76. The number of rotatable bonds is 0. The molecule has 0 aromatic heterocycles. The predicted molar refractivity (Wildman–Crippen MR) is 63.3 cm³/mol. The van der Waals surface area contributed by atoms with E-state index in [2.05, 4.69) is 9.47 Å². The van der Waals surface area contributed by atoms with Crippen LogP contribution in [0.5, 0.6) is 0 Å². The monoisotopic (exact) mass is 322 g/mol. The molecule has 2 aromatic carbocycles. The Hall–Kier alpha value is -3.23. The van der Waals surface area contributed by atoms with Crippen LogP contribution in [0.1, 0.15) is 41.4 Å². The van der Waals surface area contributed by atoms with Crippen LogP contribution in [0.4, 0.5) is 13.2 Å². The standard InChI is InChI=1S/C14HF3O6/c15-3-1-2-4-6-5(3)12(19)23-14(21)8(6)10(17)9(16)7(4)13(20)22-11(2)18/h1H. The molecule has 0 atom stereocenters. The summed E-state index contributed by atoms with van der Waals surface area (Å²) in [5, 5.41) is -1.23. The second kappa shape index (κ2) is 3.94. The normalized spacial score (nSPS) is 15.8. The van der Waals surface area contributed by atoms with Crippen molar-refractivity contribution in [2.75, 3.05) is 0 Å². The third-order valence-corrected chi connectivity index (χ3v) is 3.61. The number of esters is 4. The second-order valence-corrected chi connectivity index (χ2v) is 4.76. The van der Waals surface area contributed by atoms with E-state index in [9.17, 15) is 32.3 Å². The Morgan fingerprint density at radius 3 is 1.74 bits per heavy atom. The fourth-order valence-electron chi connectivity index (χ4n) is 2.72. The largest absolute Gasteiger partial charge is 0.386 e. The van der Waals surface area contributed by atoms with Gasteiger partial charge in [-0.1, -0.05) is 0 Å². The quantitative estimate of drug-likeness (QED) is 0.544. The molecule has 0 saturated heterocycles. The topological polar surface area (TPSA) is 86.7 Å². The van der Waals surface area contributed by atoms with Crippen LogP contribution in [-0.2, 0) is 9.47 Å². The molecule has 0 amide bonds. The van der Waals surface area contributed by atoms with E-state index < -0.39 is 74.4 Å². The van der Waals surface area contributed by atoms with Crippen LogP contribution < -0.4 is 0 Å². The maximum atomic E-state index is 14.1. The van der Waals surface area contributed by atoms with Crippen molar-refractivity contribution in [1.29, 1.82) is 0 Å². The molecule has 0 N–H and O–H groups in total. The summed E-state index contributed by atoms with van der Waals surface area (Å²) in [5.74, 6) is -10.6. The Bertz CT molecular complexity index is 1020. The molecule has 0 radical (unpaired) electrons. The maximum absolute atomic E-state index is 14.1. The van der Waals surface area contributed by atoms with Gasteiger partial charge < -0.3 is 9.47 Å². The first kappa shape index (κ1) is 13.4. The molecule has 2 aliphatic rings. The summed E-state index contributed by atoms with van der Waals surface area (Å²) in [5.41, 5.74) is -3.50. The third kappa shape index (κ3) is 1.43. The van der Waals surface area contributed by atoms with Crippen LogP contribution in [0, 0.1) is 17.5 Å². The Morgan fingerprint density at radius 2 is 1.13 bits per heavy atom. The van der Waals surface area contributed by atoms with E-state index in [0.717, 1.165) is 0 Å². The molecular weight excluding hydrogens is 321 g/mol. The van der Waals surface area contributed by atoms with Crippen LogP contribution >= 0.6 is 0 Å². The van der Waals surface area contributed by atoms with Crippen LogP contribution in [0.2, 0.25) is 0 Å². The van der Waals surface area contributed by atoms with Gasteiger partial charge in [0.2, 0.25) is 0 Å². The van der Waals surface area contributed by atoms with Gasteiger partial charge in [-0.3, -0.25) is 0 Å². The van der Waals surface area contributed by atoms with E-state index in [1.165, 1.54) is 0 Å². The van der Waals surface area contributed by atoms with Crippen molar-refractivity contribution in [2.24, 2.45) is 0 Å². The van der Waals surface area contributed by atoms with Crippen molar-refractivity contribution in [3.63, 3.8) is 0 Å². The SMILES string of the molecule is O=C1OC(=O)c2c(F)c(F)c3c4c(c(F)cc1c24)C(=O)OC3=O. The highest BCUT2D eigenvalue weighted by molar-refractivity contribution is 6.29. The van der Waals surface area contributed by atoms with Gasteiger partial charge in [-0.05, 0) is 6.07 Å². The number of carbonyl (C=O) groups is 4. The van der Waals surface area contributed by atoms with E-state index >= 15 is 0 Å². The van der Waals surface area contributed by atoms with Crippen LogP contribution in [0.3, 0.4) is 0 Å². The molecule has 4 rings (SSSR count). The number of cyclic esters (lactones) is 4. The van der Waals surface area contributed by atoms with Crippen molar-refractivity contribution >= 4 is 34.6 Å². The molecule has 2 aromatic rings. The first-order valence-electron chi connectivity index (χ1n) is 6.03. The Morgan fingerprint density at radius 1 is 0.652 bits per heavy atom. The summed E-state index contributed by atoms with van der Waals surface area (Å²) in [6, 6.07) is 0.536. The summed E-state index contributed by atoms with van der Waals surface area (Å²) in [6.45, 7) is 0. The van der Waals surface area contributed by atoms with Crippen LogP contribution in [0.15, 0.2) is 6.07 Å². The Labute approximate surface area is 123 Å². The zero-order valence-electron chi connectivity index (χ0n) is 10.7. The summed E-state index contributed by atoms with van der Waals surface area (Å²) in [6.07, 6.45) is 0. The summed E-state index contributed by atoms with van der Waals surface area (Å²) in [7, 11) is 0. The number of hydrogen-bond acceptors (Lipinski definition) is 6. The number of benzene rings is 2. The van der Waals surface area contributed by atoms with E-state index in [-0.39, 0.29) is 0 Å². The molecule has 23 heavy (non-hydrogen) atoms. The van der Waals surface area contributed by atoms with E-state index in [0.29, 0.717) is 6.07 Å². The molecule has 0 spiro atoms. The minimum Gasteiger partial charge on any atom is -0.386 e. The third-order valence-electron chi connectivity index (χ3n) is 3.61. The van der Waals surface area contributed by atoms with E-state index in [4.69, 9.17) is 0 Å². The zero-order chi connectivity index (χ0) is 16.6. The summed E-state index contributed by atoms with van der Waals surface area (Å²) in [4.78, 5) is 46.8. The predicted octanol–water partition coefficient (Wildman–Crippen LogP) is 1.88. The molecule has 0 fully saturated rings. The number of ether oxygens (including phenoxy) is 2. The molecule has 114 valence electrons. The number of hydrogen-bond donors (Lipinski definition) is 0. The highest BCUT2D eigenvalue weighted by atomic mass is 19.2. The highest BCUT2D eigenvalue weighted by Crippen LogP contribution is 2.40. The first-order chi connectivity index (χ1) is 10.8. The van der Waals surface area contributed by atoms with Crippen molar-refractivity contribution in [3.05, 3.63) is 45.8 Å². The molecular formula is C14HF3O6. The fraction of sp³-hybridized carbons (Fsp3) is 0. The van der Waals surface area contributed by atoms with Crippen molar-refractivity contribution in [1.82, 2.24) is 0 Å². The van der Waals surface area contributed by atoms with E-state index in [1.54, 1.807) is 0 Å². The molecule has 6 nitrogen and oxygen atoms in total. The highest BCUT2D eigenvalue weighted by Gasteiger charge is 2.42. The maximum Gasteiger partial charge on any atom is 0.349 e. The lowest BCUT2D eigenvalue weighted by Gasteiger charge is -2.22. The lowest BCUT2D eigenvalue weighted by molar-refractivity contribution is 0.0355. The van der Waals surface area contributed by atoms with Gasteiger partial charge in [0, 0.05) is 10.8 Å². The fourth-order valence-corrected chi connectivity index (χ4v) is 2.72. The van der Waals surface area contributed by atoms with Crippen molar-refractivity contribution in [3.8, 4) is 0 Å². The summed E-state index contributed by atoms with van der Waals surface area (Å²) >= 11 is 0. The average Bonchev–Trinajstić information content (AvgIpc) is 2.46. The molecule has 9 heteroatoms. The van der Waals surface area contributed by atoms with Gasteiger partial charge in [-0.25, -0.2) is 32.3 Å². The molecule has 0 bridgehead atoms. The van der Waals surface area contributed by atoms with Gasteiger partial charge in [0.05, 0.1) is 5.56 Å². The van der Waals surface area contributed by atoms with Gasteiger partial charge in [0.25, 0.3) is 0 Å². The lowest BCUT2D eigenvalue weighted by atomic mass is 9.88. The Balaban J connectivity index is 2.41. The van der Waals surface area contributed by atoms with Gasteiger partial charge in [-0.15, -0.1) is 0 Å². The molecule has 0 saturated carbocycles. The van der Waals surface area contributed by atoms with E-state index in [1.807, 2.05) is 0 Å². The van der Waals surface area contributed by atoms with Crippen molar-refractivity contribution in [2.45, 2.75) is 0 Å². The smallest absolute Gasteiger partial charge is 0.349 e. The first-order valence-corrected chi connectivity index (χ1v) is 6.03. The van der Waals surface area contributed by atoms with Crippen LogP contribution in [0.25, 0.3) is 10.8 Å². The molecule has 0 unspecified atom stereocenters. The Kier molecular flexibility index (Phi) is 2.30. The summed E-state index contributed by atoms with van der Waals surface area (Å²) < 4.78 is 50.8.